The number of carboxylic acid groups (broad SMARTS) is 1. The van der Waals surface area contributed by atoms with Gasteiger partial charge in [0.25, 0.3) is 10.0 Å². The molecule has 0 radical (unpaired) electrons. The maximum absolute atomic E-state index is 12.5. The van der Waals surface area contributed by atoms with Crippen LogP contribution in [0.5, 0.6) is 0 Å². The van der Waals surface area contributed by atoms with Crippen LogP contribution in [-0.2, 0) is 16.4 Å². The van der Waals surface area contributed by atoms with Crippen molar-refractivity contribution in [3.8, 4) is 0 Å². The average molecular weight is 325 g/mol. The predicted octanol–water partition coefficient (Wildman–Crippen LogP) is 2.83. The van der Waals surface area contributed by atoms with Gasteiger partial charge in [-0.25, -0.2) is 13.2 Å². The number of aromatic carboxylic acids is 1. The van der Waals surface area contributed by atoms with Crippen LogP contribution in [0.1, 0.15) is 22.2 Å². The Morgan fingerprint density at radius 3 is 2.29 bits per heavy atom. The van der Waals surface area contributed by atoms with E-state index in [-0.39, 0.29) is 9.77 Å². The smallest absolute Gasteiger partial charge is 0.335 e. The van der Waals surface area contributed by atoms with Gasteiger partial charge in [0.15, 0.2) is 0 Å². The summed E-state index contributed by atoms with van der Waals surface area (Å²) < 4.78 is 26.4. The van der Waals surface area contributed by atoms with E-state index in [2.05, 4.69) is 0 Å². The molecule has 1 aromatic carbocycles. The molecule has 5 nitrogen and oxygen atoms in total. The Labute approximate surface area is 127 Å². The van der Waals surface area contributed by atoms with Gasteiger partial charge in [-0.3, -0.25) is 4.31 Å². The molecule has 0 aliphatic carbocycles. The van der Waals surface area contributed by atoms with E-state index in [1.807, 2.05) is 6.92 Å². The van der Waals surface area contributed by atoms with Crippen molar-refractivity contribution in [2.45, 2.75) is 17.6 Å². The summed E-state index contributed by atoms with van der Waals surface area (Å²) in [5.41, 5.74) is 0.542. The molecule has 1 aromatic heterocycles. The first kappa shape index (κ1) is 15.5. The zero-order valence-electron chi connectivity index (χ0n) is 11.6. The van der Waals surface area contributed by atoms with E-state index in [1.54, 1.807) is 12.1 Å². The summed E-state index contributed by atoms with van der Waals surface area (Å²) in [6.07, 6.45) is 0.789. The minimum absolute atomic E-state index is 0.119. The third-order valence-electron chi connectivity index (χ3n) is 3.08. The zero-order chi connectivity index (χ0) is 15.6. The predicted molar refractivity (Wildman–Crippen MR) is 82.7 cm³/mol. The Kier molecular flexibility index (Phi) is 4.34. The first-order valence-corrected chi connectivity index (χ1v) is 8.53. The first-order chi connectivity index (χ1) is 9.86. The number of nitrogens with zero attached hydrogens (tertiary/aromatic N) is 1. The van der Waals surface area contributed by atoms with Gasteiger partial charge in [-0.15, -0.1) is 11.3 Å². The molecule has 7 heteroatoms. The maximum atomic E-state index is 12.5. The highest BCUT2D eigenvalue weighted by molar-refractivity contribution is 7.94. The molecule has 0 aliphatic rings. The monoisotopic (exact) mass is 325 g/mol. The average Bonchev–Trinajstić information content (AvgIpc) is 2.96. The number of rotatable bonds is 5. The Morgan fingerprint density at radius 1 is 1.19 bits per heavy atom. The van der Waals surface area contributed by atoms with Crippen LogP contribution >= 0.6 is 11.3 Å². The topological polar surface area (TPSA) is 74.7 Å². The van der Waals surface area contributed by atoms with E-state index < -0.39 is 16.0 Å². The molecule has 0 saturated carbocycles. The number of sulfonamides is 1. The SMILES string of the molecule is CCc1ccc(S(=O)(=O)N(C)c2ccc(C(=O)O)cc2)s1. The second-order valence-electron chi connectivity index (χ2n) is 4.40. The number of hydrogen-bond acceptors (Lipinski definition) is 4. The van der Waals surface area contributed by atoms with Crippen molar-refractivity contribution in [2.75, 3.05) is 11.4 Å². The molecule has 2 rings (SSSR count). The van der Waals surface area contributed by atoms with Gasteiger partial charge in [0.05, 0.1) is 11.3 Å². The van der Waals surface area contributed by atoms with Crippen LogP contribution in [0, 0.1) is 0 Å². The maximum Gasteiger partial charge on any atom is 0.335 e. The highest BCUT2D eigenvalue weighted by atomic mass is 32.2. The van der Waals surface area contributed by atoms with Gasteiger partial charge in [-0.1, -0.05) is 6.92 Å². The molecule has 0 aliphatic heterocycles. The van der Waals surface area contributed by atoms with Crippen LogP contribution in [0.25, 0.3) is 0 Å². The third-order valence-corrected chi connectivity index (χ3v) is 6.56. The Balaban J connectivity index is 2.33. The van der Waals surface area contributed by atoms with Crippen LogP contribution in [0.15, 0.2) is 40.6 Å². The fourth-order valence-electron chi connectivity index (χ4n) is 1.77. The van der Waals surface area contributed by atoms with Gasteiger partial charge in [0, 0.05) is 11.9 Å². The van der Waals surface area contributed by atoms with E-state index in [0.29, 0.717) is 5.69 Å². The summed E-state index contributed by atoms with van der Waals surface area (Å²) >= 11 is 1.25. The summed E-state index contributed by atoms with van der Waals surface area (Å²) in [6, 6.07) is 9.13. The number of aryl methyl sites for hydroxylation is 1. The lowest BCUT2D eigenvalue weighted by molar-refractivity contribution is 0.0697. The number of anilines is 1. The molecule has 0 bridgehead atoms. The third kappa shape index (κ3) is 3.08. The minimum Gasteiger partial charge on any atom is -0.478 e. The van der Waals surface area contributed by atoms with Gasteiger partial charge in [0.2, 0.25) is 0 Å². The summed E-state index contributed by atoms with van der Waals surface area (Å²) in [6.45, 7) is 1.97. The lowest BCUT2D eigenvalue weighted by Crippen LogP contribution is -2.25. The van der Waals surface area contributed by atoms with Gasteiger partial charge in [-0.2, -0.15) is 0 Å². The lowest BCUT2D eigenvalue weighted by atomic mass is 10.2. The van der Waals surface area contributed by atoms with E-state index in [9.17, 15) is 13.2 Å². The second kappa shape index (κ2) is 5.87. The molecular weight excluding hydrogens is 310 g/mol. The van der Waals surface area contributed by atoms with Crippen LogP contribution in [-0.4, -0.2) is 26.5 Å². The molecule has 21 heavy (non-hydrogen) atoms. The molecule has 1 N–H and O–H groups in total. The molecule has 2 aromatic rings. The van der Waals surface area contributed by atoms with Crippen LogP contribution < -0.4 is 4.31 Å². The van der Waals surface area contributed by atoms with E-state index >= 15 is 0 Å². The van der Waals surface area contributed by atoms with Crippen LogP contribution in [0.4, 0.5) is 5.69 Å². The molecule has 1 heterocycles. The number of thiophene rings is 1. The van der Waals surface area contributed by atoms with Crippen molar-refractivity contribution in [1.82, 2.24) is 0 Å². The fraction of sp³-hybridized carbons (Fsp3) is 0.214. The summed E-state index contributed by atoms with van der Waals surface area (Å²) in [4.78, 5) is 11.8. The zero-order valence-corrected chi connectivity index (χ0v) is 13.2. The molecule has 0 spiro atoms. The van der Waals surface area contributed by atoms with Crippen molar-refractivity contribution in [3.05, 3.63) is 46.8 Å². The van der Waals surface area contributed by atoms with Crippen LogP contribution in [0.2, 0.25) is 0 Å². The van der Waals surface area contributed by atoms with Gasteiger partial charge >= 0.3 is 5.97 Å². The highest BCUT2D eigenvalue weighted by Gasteiger charge is 2.23. The second-order valence-corrected chi connectivity index (χ2v) is 7.76. The molecule has 0 fully saturated rings. The van der Waals surface area contributed by atoms with Gasteiger partial charge < -0.3 is 5.11 Å². The molecule has 112 valence electrons. The van der Waals surface area contributed by atoms with Crippen molar-refractivity contribution in [3.63, 3.8) is 0 Å². The molecule has 0 amide bonds. The van der Waals surface area contributed by atoms with E-state index in [1.165, 1.54) is 42.6 Å². The molecular formula is C14H15NO4S2. The van der Waals surface area contributed by atoms with E-state index in [0.717, 1.165) is 15.6 Å². The van der Waals surface area contributed by atoms with Crippen molar-refractivity contribution in [2.24, 2.45) is 0 Å². The van der Waals surface area contributed by atoms with Crippen molar-refractivity contribution >= 4 is 33.0 Å². The van der Waals surface area contributed by atoms with Crippen molar-refractivity contribution < 1.29 is 18.3 Å². The number of carboxylic acids is 1. The summed E-state index contributed by atoms with van der Waals surface area (Å²) in [7, 11) is -2.16. The first-order valence-electron chi connectivity index (χ1n) is 6.27. The standard InChI is InChI=1S/C14H15NO4S2/c1-3-12-8-9-13(20-12)21(18,19)15(2)11-6-4-10(5-7-11)14(16)17/h4-9H,3H2,1-2H3,(H,16,17). The molecule has 0 unspecified atom stereocenters. The Hall–Kier alpha value is -1.86. The number of hydrogen-bond donors (Lipinski definition) is 1. The van der Waals surface area contributed by atoms with Gasteiger partial charge in [-0.05, 0) is 42.8 Å². The fourth-order valence-corrected chi connectivity index (χ4v) is 4.44. The van der Waals surface area contributed by atoms with Gasteiger partial charge in [0.1, 0.15) is 4.21 Å². The number of benzene rings is 1. The van der Waals surface area contributed by atoms with Crippen LogP contribution in [0.3, 0.4) is 0 Å². The normalized spacial score (nSPS) is 11.3. The summed E-state index contributed by atoms with van der Waals surface area (Å²) in [5, 5.41) is 8.85. The Bertz CT molecular complexity index is 748. The number of carbonyl (C=O) groups is 1. The Morgan fingerprint density at radius 2 is 1.81 bits per heavy atom. The quantitative estimate of drug-likeness (QED) is 0.917. The van der Waals surface area contributed by atoms with E-state index in [4.69, 9.17) is 5.11 Å². The molecule has 0 atom stereocenters. The largest absolute Gasteiger partial charge is 0.478 e. The lowest BCUT2D eigenvalue weighted by Gasteiger charge is -2.18. The minimum atomic E-state index is -3.61. The molecule has 0 saturated heterocycles. The summed E-state index contributed by atoms with van der Waals surface area (Å²) in [5.74, 6) is -1.04. The highest BCUT2D eigenvalue weighted by Crippen LogP contribution is 2.28. The van der Waals surface area contributed by atoms with Crippen molar-refractivity contribution in [1.29, 1.82) is 0 Å².